The van der Waals surface area contributed by atoms with Crippen molar-refractivity contribution in [1.29, 1.82) is 0 Å². The normalized spacial score (nSPS) is 11.1. The Kier molecular flexibility index (Phi) is 20.4. The first-order chi connectivity index (χ1) is 10.4. The maximum absolute atomic E-state index is 2.30. The molecule has 21 heavy (non-hydrogen) atoms. The molecule has 0 aliphatic carbocycles. The fourth-order valence-corrected chi connectivity index (χ4v) is 4.92. The van der Waals surface area contributed by atoms with E-state index >= 15 is 0 Å². The Labute approximate surface area is 138 Å². The molecule has 0 bridgehead atoms. The Balaban J connectivity index is 2.90. The zero-order valence-corrected chi connectivity index (χ0v) is 16.8. The van der Waals surface area contributed by atoms with Crippen LogP contribution in [0.2, 0.25) is 12.1 Å². The first-order valence-corrected chi connectivity index (χ1v) is 12.4. The fourth-order valence-electron chi connectivity index (χ4n) is 3.15. The molecule has 0 aromatic heterocycles. The monoisotopic (exact) mass is 312 g/mol. The molecule has 0 aliphatic rings. The van der Waals surface area contributed by atoms with Crippen molar-refractivity contribution in [2.45, 2.75) is 129 Å². The van der Waals surface area contributed by atoms with Crippen LogP contribution in [0.25, 0.3) is 0 Å². The third-order valence-electron chi connectivity index (χ3n) is 4.71. The minimum Gasteiger partial charge on any atom is -0.0654 e. The van der Waals surface area contributed by atoms with Crippen molar-refractivity contribution in [2.75, 3.05) is 0 Å². The predicted octanol–water partition coefficient (Wildman–Crippen LogP) is 7.27. The molecule has 0 atom stereocenters. The van der Waals surface area contributed by atoms with Gasteiger partial charge in [-0.1, -0.05) is 129 Å². The van der Waals surface area contributed by atoms with Gasteiger partial charge < -0.3 is 0 Å². The van der Waals surface area contributed by atoms with Gasteiger partial charge in [0.1, 0.15) is 0 Å². The molecular weight excluding hydrogens is 268 g/mol. The summed E-state index contributed by atoms with van der Waals surface area (Å²) in [7, 11) is 0.316. The lowest BCUT2D eigenvalue weighted by Gasteiger charge is -2.03. The number of hydrogen-bond donors (Lipinski definition) is 0. The highest BCUT2D eigenvalue weighted by Crippen LogP contribution is 2.12. The van der Waals surface area contributed by atoms with Gasteiger partial charge in [0.15, 0.2) is 0 Å². The smallest absolute Gasteiger partial charge is 0.0197 e. The number of rotatable bonds is 18. The van der Waals surface area contributed by atoms with Crippen molar-refractivity contribution in [1.82, 2.24) is 0 Å². The van der Waals surface area contributed by atoms with Crippen molar-refractivity contribution >= 4 is 9.52 Å². The van der Waals surface area contributed by atoms with Gasteiger partial charge in [-0.3, -0.25) is 0 Å². The summed E-state index contributed by atoms with van der Waals surface area (Å²) in [5, 5.41) is 0. The second kappa shape index (κ2) is 20.2. The molecule has 0 aliphatic heterocycles. The second-order valence-corrected chi connectivity index (χ2v) is 9.13. The van der Waals surface area contributed by atoms with E-state index in [0.29, 0.717) is 9.52 Å². The first kappa shape index (κ1) is 21.2. The Hall–Kier alpha value is 0.217. The average molecular weight is 313 g/mol. The summed E-state index contributed by atoms with van der Waals surface area (Å²) in [4.78, 5) is 0. The van der Waals surface area contributed by atoms with Crippen LogP contribution in [-0.2, 0) is 0 Å². The Morgan fingerprint density at radius 2 is 0.667 bits per heavy atom. The van der Waals surface area contributed by atoms with Gasteiger partial charge in [0.25, 0.3) is 0 Å². The van der Waals surface area contributed by atoms with Gasteiger partial charge in [0, 0.05) is 9.52 Å². The zero-order valence-electron chi connectivity index (χ0n) is 15.4. The van der Waals surface area contributed by atoms with Crippen LogP contribution < -0.4 is 0 Å². The van der Waals surface area contributed by atoms with E-state index in [4.69, 9.17) is 0 Å². The first-order valence-electron chi connectivity index (χ1n) is 10.4. The predicted molar refractivity (Wildman–Crippen MR) is 103 cm³/mol. The van der Waals surface area contributed by atoms with Gasteiger partial charge in [-0.25, -0.2) is 0 Å². The number of hydrogen-bond acceptors (Lipinski definition) is 0. The van der Waals surface area contributed by atoms with Crippen molar-refractivity contribution in [3.8, 4) is 0 Å². The van der Waals surface area contributed by atoms with Crippen LogP contribution in [0.1, 0.15) is 117 Å². The molecule has 128 valence electrons. The van der Waals surface area contributed by atoms with Crippen LogP contribution in [-0.4, -0.2) is 9.52 Å². The van der Waals surface area contributed by atoms with Crippen LogP contribution in [0.15, 0.2) is 0 Å². The molecule has 0 N–H and O–H groups in total. The zero-order chi connectivity index (χ0) is 15.4. The van der Waals surface area contributed by atoms with Crippen molar-refractivity contribution in [2.24, 2.45) is 0 Å². The lowest BCUT2D eigenvalue weighted by atomic mass is 10.1. The van der Waals surface area contributed by atoms with Crippen LogP contribution in [0.4, 0.5) is 0 Å². The second-order valence-electron chi connectivity index (χ2n) is 7.01. The topological polar surface area (TPSA) is 0 Å². The summed E-state index contributed by atoms with van der Waals surface area (Å²) >= 11 is 0. The minimum absolute atomic E-state index is 0.316. The summed E-state index contributed by atoms with van der Waals surface area (Å²) in [6, 6.07) is 3.26. The maximum Gasteiger partial charge on any atom is 0.0197 e. The third kappa shape index (κ3) is 20.2. The van der Waals surface area contributed by atoms with E-state index in [1.54, 1.807) is 24.9 Å². The summed E-state index contributed by atoms with van der Waals surface area (Å²) in [6.45, 7) is 4.61. The molecule has 0 fully saturated rings. The highest BCUT2D eigenvalue weighted by Gasteiger charge is 1.95. The van der Waals surface area contributed by atoms with E-state index in [1.165, 1.54) is 89.9 Å². The molecule has 0 saturated carbocycles. The molecule has 0 aromatic rings. The van der Waals surface area contributed by atoms with Crippen molar-refractivity contribution in [3.63, 3.8) is 0 Å². The Bertz CT molecular complexity index is 149. The van der Waals surface area contributed by atoms with Crippen LogP contribution >= 0.6 is 0 Å². The summed E-state index contributed by atoms with van der Waals surface area (Å²) < 4.78 is 0. The van der Waals surface area contributed by atoms with Gasteiger partial charge in [-0.2, -0.15) is 0 Å². The quantitative estimate of drug-likeness (QED) is 0.184. The molecular formula is C20H44Si. The molecule has 1 heteroatoms. The molecule has 0 rings (SSSR count). The molecule has 0 heterocycles. The third-order valence-corrected chi connectivity index (χ3v) is 6.71. The van der Waals surface area contributed by atoms with Crippen molar-refractivity contribution < 1.29 is 0 Å². The molecule has 0 amide bonds. The van der Waals surface area contributed by atoms with Gasteiger partial charge >= 0.3 is 0 Å². The summed E-state index contributed by atoms with van der Waals surface area (Å²) in [5.41, 5.74) is 0. The highest BCUT2D eigenvalue weighted by molar-refractivity contribution is 6.35. The molecule has 0 aromatic carbocycles. The van der Waals surface area contributed by atoms with Gasteiger partial charge in [0.2, 0.25) is 0 Å². The number of unbranched alkanes of at least 4 members (excludes halogenated alkanes) is 14. The lowest BCUT2D eigenvalue weighted by molar-refractivity contribution is 0.582. The fraction of sp³-hybridized carbons (Fsp3) is 1.00. The van der Waals surface area contributed by atoms with Gasteiger partial charge in [-0.05, 0) is 0 Å². The van der Waals surface area contributed by atoms with E-state index < -0.39 is 0 Å². The maximum atomic E-state index is 2.30. The van der Waals surface area contributed by atoms with Crippen LogP contribution in [0, 0.1) is 0 Å². The molecule has 0 unspecified atom stereocenters. The van der Waals surface area contributed by atoms with E-state index in [-0.39, 0.29) is 0 Å². The van der Waals surface area contributed by atoms with E-state index in [9.17, 15) is 0 Å². The Morgan fingerprint density at radius 3 is 1.00 bits per heavy atom. The summed E-state index contributed by atoms with van der Waals surface area (Å²) in [6.07, 6.45) is 23.8. The lowest BCUT2D eigenvalue weighted by Crippen LogP contribution is -1.90. The van der Waals surface area contributed by atoms with E-state index in [1.807, 2.05) is 0 Å². The molecule has 0 spiro atoms. The molecule has 0 nitrogen and oxygen atoms in total. The van der Waals surface area contributed by atoms with Gasteiger partial charge in [0.05, 0.1) is 0 Å². The average Bonchev–Trinajstić information content (AvgIpc) is 2.50. The molecule has 0 saturated heterocycles. The highest BCUT2D eigenvalue weighted by atomic mass is 28.2. The van der Waals surface area contributed by atoms with Crippen LogP contribution in [0.5, 0.6) is 0 Å². The van der Waals surface area contributed by atoms with E-state index in [0.717, 1.165) is 0 Å². The largest absolute Gasteiger partial charge is 0.0654 e. The van der Waals surface area contributed by atoms with E-state index in [2.05, 4.69) is 13.8 Å². The van der Waals surface area contributed by atoms with Gasteiger partial charge in [-0.15, -0.1) is 0 Å². The van der Waals surface area contributed by atoms with Crippen molar-refractivity contribution in [3.05, 3.63) is 0 Å². The Morgan fingerprint density at radius 1 is 0.381 bits per heavy atom. The molecule has 0 radical (unpaired) electrons. The summed E-state index contributed by atoms with van der Waals surface area (Å²) in [5.74, 6) is 0. The minimum atomic E-state index is 0.316. The standard InChI is InChI=1S/C20H44Si/c1-3-5-7-9-11-13-15-17-19-21-20-18-16-14-12-10-8-6-4-2/h3-21H2,1-2H3. The van der Waals surface area contributed by atoms with Crippen LogP contribution in [0.3, 0.4) is 0 Å². The SMILES string of the molecule is CCCCCCCCCC[SiH2]CCCCCCCCCC.